The van der Waals surface area contributed by atoms with E-state index in [-0.39, 0.29) is 16.3 Å². The van der Waals surface area contributed by atoms with Crippen molar-refractivity contribution in [3.8, 4) is 5.75 Å². The molecule has 0 atom stereocenters. The van der Waals surface area contributed by atoms with E-state index in [1.54, 1.807) is 6.07 Å². The van der Waals surface area contributed by atoms with Gasteiger partial charge in [-0.1, -0.05) is 24.3 Å². The molecule has 0 saturated carbocycles. The van der Waals surface area contributed by atoms with E-state index in [0.29, 0.717) is 5.52 Å². The molecule has 0 spiro atoms. The molecule has 0 radical (unpaired) electrons. The number of benzene rings is 2. The molecule has 1 heterocycles. The first-order valence-corrected chi connectivity index (χ1v) is 9.09. The van der Waals surface area contributed by atoms with Gasteiger partial charge in [0, 0.05) is 10.9 Å². The fourth-order valence-electron chi connectivity index (χ4n) is 2.63. The minimum atomic E-state index is -7.37. The molecule has 3 aromatic rings. The number of para-hydroxylation sites is 1. The predicted octanol–water partition coefficient (Wildman–Crippen LogP) is 5.46. The lowest BCUT2D eigenvalue weighted by atomic mass is 10.1. The Hall–Kier alpha value is -2.64. The van der Waals surface area contributed by atoms with Gasteiger partial charge in [-0.05, 0) is 18.2 Å². The molecule has 0 fully saturated rings. The average molecular weight is 465 g/mol. The monoisotopic (exact) mass is 465 g/mol. The lowest BCUT2D eigenvalue weighted by Gasteiger charge is -2.32. The molecule has 2 aromatic carbocycles. The Morgan fingerprint density at radius 2 is 1.30 bits per heavy atom. The van der Waals surface area contributed by atoms with Crippen LogP contribution < -0.4 is 4.18 Å². The van der Waals surface area contributed by atoms with Gasteiger partial charge in [-0.3, -0.25) is 0 Å². The highest BCUT2D eigenvalue weighted by molar-refractivity contribution is 7.88. The molecule has 0 unspecified atom stereocenters. The van der Waals surface area contributed by atoms with Crippen LogP contribution in [0.1, 0.15) is 0 Å². The zero-order chi connectivity index (χ0) is 22.8. The maximum atomic E-state index is 13.9. The van der Waals surface area contributed by atoms with E-state index in [9.17, 15) is 47.9 Å². The van der Waals surface area contributed by atoms with Crippen LogP contribution in [0, 0.1) is 0 Å². The third-order valence-corrected chi connectivity index (χ3v) is 5.40. The third-order valence-electron chi connectivity index (χ3n) is 4.12. The largest absolute Gasteiger partial charge is 0.460 e. The van der Waals surface area contributed by atoms with Crippen molar-refractivity contribution in [3.63, 3.8) is 0 Å². The molecule has 1 N–H and O–H groups in total. The Bertz CT molecular complexity index is 1220. The number of nitrogens with one attached hydrogen (secondary N) is 1. The van der Waals surface area contributed by atoms with E-state index in [4.69, 9.17) is 0 Å². The fraction of sp³-hybridized carbons (Fsp3) is 0.250. The summed E-state index contributed by atoms with van der Waals surface area (Å²) < 4.78 is 145. The quantitative estimate of drug-likeness (QED) is 0.403. The first kappa shape index (κ1) is 22.1. The summed E-state index contributed by atoms with van der Waals surface area (Å²) in [7, 11) is -7.03. The van der Waals surface area contributed by atoms with Gasteiger partial charge in [-0.25, -0.2) is 0 Å². The first-order valence-electron chi connectivity index (χ1n) is 7.68. The van der Waals surface area contributed by atoms with Gasteiger partial charge in [0.2, 0.25) is 0 Å². The van der Waals surface area contributed by atoms with Crippen LogP contribution in [0.5, 0.6) is 5.75 Å². The molecule has 4 nitrogen and oxygen atoms in total. The number of hydrogen-bond donors (Lipinski definition) is 1. The van der Waals surface area contributed by atoms with Crippen molar-refractivity contribution in [2.45, 2.75) is 23.3 Å². The topological polar surface area (TPSA) is 59.2 Å². The molecule has 0 aliphatic heterocycles. The summed E-state index contributed by atoms with van der Waals surface area (Å²) in [5.41, 5.74) is 0.446. The van der Waals surface area contributed by atoms with Crippen molar-refractivity contribution in [3.05, 3.63) is 42.5 Å². The van der Waals surface area contributed by atoms with Gasteiger partial charge < -0.3 is 9.17 Å². The van der Waals surface area contributed by atoms with Crippen molar-refractivity contribution < 1.29 is 52.1 Å². The lowest BCUT2D eigenvalue weighted by molar-refractivity contribution is -0.382. The molecule has 14 heteroatoms. The number of rotatable bonds is 5. The Morgan fingerprint density at radius 3 is 1.90 bits per heavy atom. The molecule has 164 valence electrons. The predicted molar refractivity (Wildman–Crippen MR) is 86.2 cm³/mol. The van der Waals surface area contributed by atoms with Gasteiger partial charge in [0.05, 0.1) is 10.9 Å². The smallest absolute Gasteiger partial charge is 0.377 e. The van der Waals surface area contributed by atoms with E-state index >= 15 is 0 Å². The summed E-state index contributed by atoms with van der Waals surface area (Å²) in [5, 5.41) is -6.94. The Morgan fingerprint density at radius 1 is 0.733 bits per heavy atom. The molecular weight excluding hydrogens is 457 g/mol. The SMILES string of the molecule is O=S(=O)(Oc1cccc2[nH]c3ccccc3c12)C(F)(F)C(F)(F)C(F)(F)C(F)(F)F. The minimum Gasteiger partial charge on any atom is -0.377 e. The van der Waals surface area contributed by atoms with Gasteiger partial charge in [-0.15, -0.1) is 0 Å². The van der Waals surface area contributed by atoms with Crippen molar-refractivity contribution in [1.29, 1.82) is 0 Å². The van der Waals surface area contributed by atoms with E-state index in [1.165, 1.54) is 24.3 Å². The standard InChI is InChI=1S/C16H8F9NO3S/c17-13(18,15(21,22)23)14(19,20)16(24,25)30(27,28)29-11-7-3-6-10-12(11)8-4-1-2-5-9(8)26-10/h1-7,26H. The van der Waals surface area contributed by atoms with Crippen molar-refractivity contribution in [1.82, 2.24) is 4.98 Å². The molecule has 1 aromatic heterocycles. The molecule has 0 aliphatic carbocycles. The van der Waals surface area contributed by atoms with E-state index in [0.717, 1.165) is 12.1 Å². The van der Waals surface area contributed by atoms with E-state index in [2.05, 4.69) is 9.17 Å². The number of hydrogen-bond acceptors (Lipinski definition) is 3. The van der Waals surface area contributed by atoms with Crippen molar-refractivity contribution in [2.24, 2.45) is 0 Å². The van der Waals surface area contributed by atoms with Crippen LogP contribution >= 0.6 is 0 Å². The Labute approximate surface area is 161 Å². The van der Waals surface area contributed by atoms with Crippen LogP contribution in [0.4, 0.5) is 39.5 Å². The first-order chi connectivity index (χ1) is 13.5. The second kappa shape index (κ2) is 6.43. The number of aromatic amines is 1. The normalized spacial score (nSPS) is 14.4. The molecule has 0 saturated heterocycles. The van der Waals surface area contributed by atoms with E-state index < -0.39 is 39.1 Å². The highest BCUT2D eigenvalue weighted by Gasteiger charge is 2.86. The van der Waals surface area contributed by atoms with Crippen LogP contribution in [0.25, 0.3) is 21.8 Å². The minimum absolute atomic E-state index is 0.0968. The van der Waals surface area contributed by atoms with Gasteiger partial charge in [0.15, 0.2) is 5.75 Å². The Kier molecular flexibility index (Phi) is 4.72. The second-order valence-electron chi connectivity index (χ2n) is 6.05. The van der Waals surface area contributed by atoms with Gasteiger partial charge >= 0.3 is 33.4 Å². The number of halogens is 9. The maximum absolute atomic E-state index is 13.9. The van der Waals surface area contributed by atoms with Crippen LogP contribution in [0.3, 0.4) is 0 Å². The molecule has 0 amide bonds. The zero-order valence-electron chi connectivity index (χ0n) is 14.1. The Balaban J connectivity index is 2.13. The van der Waals surface area contributed by atoms with E-state index in [1.807, 2.05) is 0 Å². The highest BCUT2D eigenvalue weighted by Crippen LogP contribution is 2.55. The zero-order valence-corrected chi connectivity index (χ0v) is 14.9. The van der Waals surface area contributed by atoms with Crippen LogP contribution in [0.2, 0.25) is 0 Å². The second-order valence-corrected chi connectivity index (χ2v) is 7.64. The summed E-state index contributed by atoms with van der Waals surface area (Å²) in [5.74, 6) is -15.7. The summed E-state index contributed by atoms with van der Waals surface area (Å²) in [6, 6.07) is 8.99. The molecule has 0 aliphatic rings. The molecule has 3 rings (SSSR count). The average Bonchev–Trinajstić information content (AvgIpc) is 2.99. The van der Waals surface area contributed by atoms with Crippen molar-refractivity contribution >= 4 is 31.9 Å². The number of alkyl halides is 9. The van der Waals surface area contributed by atoms with Crippen molar-refractivity contribution in [2.75, 3.05) is 0 Å². The van der Waals surface area contributed by atoms with Gasteiger partial charge in [0.25, 0.3) is 0 Å². The highest BCUT2D eigenvalue weighted by atomic mass is 32.2. The number of aromatic nitrogens is 1. The summed E-state index contributed by atoms with van der Waals surface area (Å²) >= 11 is 0. The summed E-state index contributed by atoms with van der Waals surface area (Å²) in [6.07, 6.45) is -7.16. The number of fused-ring (bicyclic) bond motifs is 3. The fourth-order valence-corrected chi connectivity index (χ4v) is 3.55. The van der Waals surface area contributed by atoms with Gasteiger partial charge in [0.1, 0.15) is 0 Å². The molecule has 0 bridgehead atoms. The van der Waals surface area contributed by atoms with Crippen LogP contribution in [-0.4, -0.2) is 36.7 Å². The summed E-state index contributed by atoms with van der Waals surface area (Å²) in [6.45, 7) is 0. The lowest BCUT2D eigenvalue weighted by Crippen LogP contribution is -2.63. The van der Waals surface area contributed by atoms with Crippen LogP contribution in [-0.2, 0) is 10.1 Å². The van der Waals surface area contributed by atoms with Crippen LogP contribution in [0.15, 0.2) is 42.5 Å². The molecular formula is C16H8F9NO3S. The maximum Gasteiger partial charge on any atom is 0.460 e. The summed E-state index contributed by atoms with van der Waals surface area (Å²) in [4.78, 5) is 2.74. The van der Waals surface area contributed by atoms with Gasteiger partial charge in [-0.2, -0.15) is 47.9 Å². The third kappa shape index (κ3) is 2.96. The number of H-pyrrole nitrogens is 1. The molecule has 30 heavy (non-hydrogen) atoms.